The van der Waals surface area contributed by atoms with E-state index in [1.165, 1.54) is 0 Å². The van der Waals surface area contributed by atoms with Gasteiger partial charge in [0, 0.05) is 24.3 Å². The Bertz CT molecular complexity index is 676. The second-order valence-electron chi connectivity index (χ2n) is 5.25. The fraction of sp³-hybridized carbons (Fsp3) is 0.429. The number of ether oxygens (including phenoxy) is 1. The quantitative estimate of drug-likeness (QED) is 0.734. The van der Waals surface area contributed by atoms with Crippen molar-refractivity contribution in [2.45, 2.75) is 19.4 Å². The molecule has 106 valence electrons. The van der Waals surface area contributed by atoms with Crippen LogP contribution in [0.1, 0.15) is 13.3 Å². The molecule has 6 nitrogen and oxygen atoms in total. The van der Waals surface area contributed by atoms with E-state index in [-0.39, 0.29) is 11.6 Å². The number of nitrogens with zero attached hydrogens (tertiary/aromatic N) is 1. The Kier molecular flexibility index (Phi) is 3.31. The van der Waals surface area contributed by atoms with Gasteiger partial charge in [-0.25, -0.2) is 4.98 Å². The normalized spacial score (nSPS) is 20.1. The first kappa shape index (κ1) is 12.9. The highest BCUT2D eigenvalue weighted by atomic mass is 16.5. The van der Waals surface area contributed by atoms with E-state index in [0.717, 1.165) is 19.6 Å². The number of aromatic amines is 1. The lowest BCUT2D eigenvalue weighted by Gasteiger charge is -2.19. The maximum Gasteiger partial charge on any atom is 0.260 e. The zero-order valence-corrected chi connectivity index (χ0v) is 11.3. The Morgan fingerprint density at radius 3 is 3.15 bits per heavy atom. The number of anilines is 2. The van der Waals surface area contributed by atoms with Gasteiger partial charge < -0.3 is 15.8 Å². The number of rotatable bonds is 3. The number of hydrogen-bond acceptors (Lipinski definition) is 5. The molecule has 2 atom stereocenters. The molecule has 0 spiro atoms. The Morgan fingerprint density at radius 2 is 2.40 bits per heavy atom. The molecule has 6 heteroatoms. The average Bonchev–Trinajstić information content (AvgIpc) is 2.94. The first-order chi connectivity index (χ1) is 9.63. The van der Waals surface area contributed by atoms with Crippen LogP contribution in [-0.2, 0) is 4.74 Å². The van der Waals surface area contributed by atoms with Crippen molar-refractivity contribution in [3.8, 4) is 0 Å². The van der Waals surface area contributed by atoms with Crippen molar-refractivity contribution in [1.29, 1.82) is 0 Å². The van der Waals surface area contributed by atoms with Crippen molar-refractivity contribution in [3.63, 3.8) is 0 Å². The van der Waals surface area contributed by atoms with Crippen LogP contribution in [0.5, 0.6) is 0 Å². The van der Waals surface area contributed by atoms with Crippen molar-refractivity contribution in [2.75, 3.05) is 24.3 Å². The first-order valence-electron chi connectivity index (χ1n) is 6.77. The summed E-state index contributed by atoms with van der Waals surface area (Å²) in [6, 6.07) is 5.34. The molecule has 1 saturated heterocycles. The zero-order chi connectivity index (χ0) is 14.1. The number of nitrogens with two attached hydrogens (primary N) is 1. The van der Waals surface area contributed by atoms with E-state index in [9.17, 15) is 4.79 Å². The molecular weight excluding hydrogens is 256 g/mol. The molecule has 2 unspecified atom stereocenters. The number of aromatic nitrogens is 2. The van der Waals surface area contributed by atoms with Gasteiger partial charge in [0.25, 0.3) is 5.56 Å². The lowest BCUT2D eigenvalue weighted by atomic mass is 10.0. The van der Waals surface area contributed by atoms with Gasteiger partial charge in [0.15, 0.2) is 0 Å². The summed E-state index contributed by atoms with van der Waals surface area (Å²) in [6.07, 6.45) is 1.03. The van der Waals surface area contributed by atoms with Crippen LogP contribution in [-0.4, -0.2) is 29.2 Å². The number of fused-ring (bicyclic) bond motifs is 1. The summed E-state index contributed by atoms with van der Waals surface area (Å²) in [5.74, 6) is 0.939. The molecule has 1 aliphatic rings. The first-order valence-corrected chi connectivity index (χ1v) is 6.77. The van der Waals surface area contributed by atoms with Crippen LogP contribution in [0.3, 0.4) is 0 Å². The molecule has 2 aromatic rings. The van der Waals surface area contributed by atoms with Crippen molar-refractivity contribution >= 4 is 22.5 Å². The van der Waals surface area contributed by atoms with Gasteiger partial charge in [-0.1, -0.05) is 0 Å². The number of hydrogen-bond donors (Lipinski definition) is 3. The highest BCUT2D eigenvalue weighted by molar-refractivity contribution is 5.81. The van der Waals surface area contributed by atoms with Gasteiger partial charge in [0.05, 0.1) is 17.5 Å². The smallest absolute Gasteiger partial charge is 0.260 e. The van der Waals surface area contributed by atoms with Gasteiger partial charge in [-0.2, -0.15) is 0 Å². The van der Waals surface area contributed by atoms with Gasteiger partial charge in [-0.3, -0.25) is 9.78 Å². The molecule has 1 aliphatic heterocycles. The molecule has 3 rings (SSSR count). The largest absolute Gasteiger partial charge is 0.399 e. The minimum atomic E-state index is -0.181. The Morgan fingerprint density at radius 1 is 1.55 bits per heavy atom. The number of nitrogen functional groups attached to an aromatic ring is 1. The van der Waals surface area contributed by atoms with Crippen LogP contribution in [0, 0.1) is 5.92 Å². The minimum absolute atomic E-state index is 0.181. The van der Waals surface area contributed by atoms with Crippen LogP contribution in [0.15, 0.2) is 23.0 Å². The van der Waals surface area contributed by atoms with E-state index < -0.39 is 0 Å². The Balaban J connectivity index is 1.88. The average molecular weight is 274 g/mol. The molecule has 2 heterocycles. The van der Waals surface area contributed by atoms with Gasteiger partial charge in [0.1, 0.15) is 0 Å². The summed E-state index contributed by atoms with van der Waals surface area (Å²) >= 11 is 0. The number of benzene rings is 1. The number of H-pyrrole nitrogens is 1. The van der Waals surface area contributed by atoms with E-state index in [1.54, 1.807) is 18.2 Å². The zero-order valence-electron chi connectivity index (χ0n) is 11.3. The Hall–Kier alpha value is -2.08. The summed E-state index contributed by atoms with van der Waals surface area (Å²) in [5, 5.41) is 3.76. The van der Waals surface area contributed by atoms with Crippen molar-refractivity contribution in [1.82, 2.24) is 9.97 Å². The molecule has 0 radical (unpaired) electrons. The van der Waals surface area contributed by atoms with Crippen molar-refractivity contribution in [3.05, 3.63) is 28.6 Å². The molecule has 1 aromatic carbocycles. The number of nitrogens with one attached hydrogen (secondary N) is 2. The van der Waals surface area contributed by atoms with Crippen molar-refractivity contribution < 1.29 is 4.74 Å². The maximum absolute atomic E-state index is 12.0. The predicted octanol–water partition coefficient (Wildman–Crippen LogP) is 1.34. The lowest BCUT2D eigenvalue weighted by Crippen LogP contribution is -2.28. The molecule has 0 bridgehead atoms. The highest BCUT2D eigenvalue weighted by Crippen LogP contribution is 2.19. The van der Waals surface area contributed by atoms with Crippen LogP contribution >= 0.6 is 0 Å². The summed E-state index contributed by atoms with van der Waals surface area (Å²) in [6.45, 7) is 3.63. The summed E-state index contributed by atoms with van der Waals surface area (Å²) in [4.78, 5) is 19.2. The summed E-state index contributed by atoms with van der Waals surface area (Å²) in [5.41, 5.74) is 6.70. The maximum atomic E-state index is 12.0. The standard InChI is InChI=1S/C14H18N4O2/c1-8(9-4-5-20-7-9)16-14-17-12-3-2-10(15)6-11(12)13(19)18-14/h2-3,6,8-9H,4-5,7,15H2,1H3,(H2,16,17,18,19). The second-order valence-corrected chi connectivity index (χ2v) is 5.25. The van der Waals surface area contributed by atoms with Crippen molar-refractivity contribution in [2.24, 2.45) is 5.92 Å². The molecule has 1 aromatic heterocycles. The van der Waals surface area contributed by atoms with E-state index in [0.29, 0.717) is 28.5 Å². The summed E-state index contributed by atoms with van der Waals surface area (Å²) < 4.78 is 5.38. The predicted molar refractivity (Wildman–Crippen MR) is 78.8 cm³/mol. The fourth-order valence-corrected chi connectivity index (χ4v) is 2.51. The Labute approximate surface area is 116 Å². The van der Waals surface area contributed by atoms with E-state index in [1.807, 2.05) is 0 Å². The molecule has 20 heavy (non-hydrogen) atoms. The minimum Gasteiger partial charge on any atom is -0.399 e. The molecule has 0 aliphatic carbocycles. The highest BCUT2D eigenvalue weighted by Gasteiger charge is 2.22. The third kappa shape index (κ3) is 2.46. The monoisotopic (exact) mass is 274 g/mol. The van der Waals surface area contributed by atoms with Crippen LogP contribution in [0.4, 0.5) is 11.6 Å². The van der Waals surface area contributed by atoms with Gasteiger partial charge >= 0.3 is 0 Å². The molecule has 0 saturated carbocycles. The topological polar surface area (TPSA) is 93.0 Å². The second kappa shape index (κ2) is 5.13. The molecular formula is C14H18N4O2. The van der Waals surface area contributed by atoms with Gasteiger partial charge in [-0.15, -0.1) is 0 Å². The molecule has 1 fully saturated rings. The van der Waals surface area contributed by atoms with Crippen LogP contribution in [0.25, 0.3) is 10.9 Å². The lowest BCUT2D eigenvalue weighted by molar-refractivity contribution is 0.183. The third-order valence-electron chi connectivity index (χ3n) is 3.77. The molecule has 4 N–H and O–H groups in total. The summed E-state index contributed by atoms with van der Waals surface area (Å²) in [7, 11) is 0. The SMILES string of the molecule is CC(Nc1nc2ccc(N)cc2c(=O)[nH]1)C1CCOC1. The van der Waals surface area contributed by atoms with Crippen LogP contribution < -0.4 is 16.6 Å². The van der Waals surface area contributed by atoms with Gasteiger partial charge in [-0.05, 0) is 31.5 Å². The fourth-order valence-electron chi connectivity index (χ4n) is 2.51. The van der Waals surface area contributed by atoms with Crippen LogP contribution in [0.2, 0.25) is 0 Å². The van der Waals surface area contributed by atoms with Gasteiger partial charge in [0.2, 0.25) is 5.95 Å². The molecule has 0 amide bonds. The van der Waals surface area contributed by atoms with E-state index >= 15 is 0 Å². The van der Waals surface area contributed by atoms with E-state index in [2.05, 4.69) is 22.2 Å². The third-order valence-corrected chi connectivity index (χ3v) is 3.77. The van der Waals surface area contributed by atoms with E-state index in [4.69, 9.17) is 10.5 Å².